The number of hydrogen-bond acceptors (Lipinski definition) is 5. The van der Waals surface area contributed by atoms with Crippen LogP contribution in [0.1, 0.15) is 10.4 Å². The number of morpholine rings is 1. The van der Waals surface area contributed by atoms with Gasteiger partial charge in [-0.2, -0.15) is 0 Å². The van der Waals surface area contributed by atoms with E-state index in [1.165, 1.54) is 18.2 Å². The van der Waals surface area contributed by atoms with Crippen molar-refractivity contribution < 1.29 is 14.5 Å². The summed E-state index contributed by atoms with van der Waals surface area (Å²) in [5.74, 6) is -0.354. The van der Waals surface area contributed by atoms with E-state index in [4.69, 9.17) is 4.74 Å². The van der Waals surface area contributed by atoms with E-state index >= 15 is 0 Å². The van der Waals surface area contributed by atoms with Crippen LogP contribution in [0.2, 0.25) is 0 Å². The molecule has 0 spiro atoms. The van der Waals surface area contributed by atoms with Gasteiger partial charge in [-0.05, 0) is 22.0 Å². The number of benzene rings is 1. The molecule has 2 N–H and O–H groups in total. The van der Waals surface area contributed by atoms with E-state index in [1.54, 1.807) is 0 Å². The topological polar surface area (TPSA) is 93.5 Å². The summed E-state index contributed by atoms with van der Waals surface area (Å²) >= 11 is 3.22. The molecule has 1 aliphatic heterocycles. The molecule has 1 unspecified atom stereocenters. The quantitative estimate of drug-likeness (QED) is 0.630. The van der Waals surface area contributed by atoms with Gasteiger partial charge < -0.3 is 15.4 Å². The van der Waals surface area contributed by atoms with Gasteiger partial charge in [0.1, 0.15) is 0 Å². The van der Waals surface area contributed by atoms with Gasteiger partial charge >= 0.3 is 0 Å². The van der Waals surface area contributed by atoms with Crippen LogP contribution in [-0.4, -0.2) is 43.2 Å². The predicted molar refractivity (Wildman–Crippen MR) is 75.7 cm³/mol. The third kappa shape index (κ3) is 3.75. The average Bonchev–Trinajstić information content (AvgIpc) is 2.46. The fourth-order valence-corrected chi connectivity index (χ4v) is 2.29. The number of non-ortho nitro benzene ring substituents is 1. The van der Waals surface area contributed by atoms with Crippen molar-refractivity contribution in [3.8, 4) is 0 Å². The van der Waals surface area contributed by atoms with Crippen molar-refractivity contribution in [3.63, 3.8) is 0 Å². The first-order valence-electron chi connectivity index (χ1n) is 6.11. The molecule has 0 aliphatic carbocycles. The fourth-order valence-electron chi connectivity index (χ4n) is 1.86. The molecule has 1 heterocycles. The Balaban J connectivity index is 2.00. The van der Waals surface area contributed by atoms with E-state index in [0.717, 1.165) is 6.54 Å². The van der Waals surface area contributed by atoms with E-state index in [0.29, 0.717) is 24.2 Å². The molecule has 7 nitrogen and oxygen atoms in total. The number of nitro groups is 1. The normalized spacial score (nSPS) is 18.6. The zero-order valence-corrected chi connectivity index (χ0v) is 12.2. The summed E-state index contributed by atoms with van der Waals surface area (Å²) < 4.78 is 5.80. The summed E-state index contributed by atoms with van der Waals surface area (Å²) in [5.41, 5.74) is 0.133. The van der Waals surface area contributed by atoms with Crippen molar-refractivity contribution in [2.24, 2.45) is 0 Å². The Morgan fingerprint density at radius 1 is 1.60 bits per heavy atom. The number of carbonyl (C=O) groups is 1. The summed E-state index contributed by atoms with van der Waals surface area (Å²) in [6, 6.07) is 4.15. The Bertz CT molecular complexity index is 517. The largest absolute Gasteiger partial charge is 0.378 e. The maximum atomic E-state index is 12.1. The molecular weight excluding hydrogens is 330 g/mol. The number of hydrogen-bond donors (Lipinski definition) is 2. The zero-order chi connectivity index (χ0) is 14.5. The number of ether oxygens (including phenoxy) is 1. The molecule has 1 aliphatic rings. The Hall–Kier alpha value is -1.51. The molecule has 1 aromatic carbocycles. The lowest BCUT2D eigenvalue weighted by Gasteiger charge is -2.24. The van der Waals surface area contributed by atoms with Crippen molar-refractivity contribution in [1.82, 2.24) is 10.6 Å². The zero-order valence-electron chi connectivity index (χ0n) is 10.6. The summed E-state index contributed by atoms with van der Waals surface area (Å²) in [5, 5.41) is 16.7. The number of amides is 1. The lowest BCUT2D eigenvalue weighted by Crippen LogP contribution is -2.48. The highest BCUT2D eigenvalue weighted by molar-refractivity contribution is 9.10. The van der Waals surface area contributed by atoms with E-state index in [9.17, 15) is 14.9 Å². The third-order valence-corrected chi connectivity index (χ3v) is 3.60. The highest BCUT2D eigenvalue weighted by atomic mass is 79.9. The van der Waals surface area contributed by atoms with Gasteiger partial charge in [0.05, 0.1) is 23.7 Å². The Kier molecular flexibility index (Phi) is 5.05. The van der Waals surface area contributed by atoms with Gasteiger partial charge in [-0.1, -0.05) is 0 Å². The number of nitrogens with one attached hydrogen (secondary N) is 2. The van der Waals surface area contributed by atoms with Gasteiger partial charge in [-0.15, -0.1) is 0 Å². The van der Waals surface area contributed by atoms with Gasteiger partial charge in [-0.25, -0.2) is 0 Å². The minimum Gasteiger partial charge on any atom is -0.378 e. The SMILES string of the molecule is O=C(NCC1COCCN1)c1cc([N+](=O)[O-])ccc1Br. The second kappa shape index (κ2) is 6.78. The first kappa shape index (κ1) is 14.9. The Morgan fingerprint density at radius 2 is 2.40 bits per heavy atom. The van der Waals surface area contributed by atoms with Crippen LogP contribution < -0.4 is 10.6 Å². The molecule has 0 aromatic heterocycles. The predicted octanol–water partition coefficient (Wildman–Crippen LogP) is 1.08. The molecule has 0 radical (unpaired) electrons. The summed E-state index contributed by atoms with van der Waals surface area (Å²) in [6.07, 6.45) is 0. The molecule has 0 bridgehead atoms. The average molecular weight is 344 g/mol. The van der Waals surface area contributed by atoms with Crippen molar-refractivity contribution in [3.05, 3.63) is 38.3 Å². The van der Waals surface area contributed by atoms with Crippen LogP contribution in [0.4, 0.5) is 5.69 Å². The molecule has 1 fully saturated rings. The van der Waals surface area contributed by atoms with Gasteiger partial charge in [0.2, 0.25) is 0 Å². The number of nitro benzene ring substituents is 1. The molecule has 108 valence electrons. The van der Waals surface area contributed by atoms with Crippen molar-refractivity contribution in [2.45, 2.75) is 6.04 Å². The number of halogens is 1. The highest BCUT2D eigenvalue weighted by Crippen LogP contribution is 2.22. The molecule has 8 heteroatoms. The van der Waals surface area contributed by atoms with Crippen LogP contribution >= 0.6 is 15.9 Å². The second-order valence-electron chi connectivity index (χ2n) is 4.36. The van der Waals surface area contributed by atoms with E-state index in [1.807, 2.05) is 0 Å². The Labute approximate surface area is 124 Å². The lowest BCUT2D eigenvalue weighted by atomic mass is 10.2. The lowest BCUT2D eigenvalue weighted by molar-refractivity contribution is -0.384. The second-order valence-corrected chi connectivity index (χ2v) is 5.21. The first-order valence-corrected chi connectivity index (χ1v) is 6.90. The van der Waals surface area contributed by atoms with Crippen LogP contribution in [0.3, 0.4) is 0 Å². The molecule has 1 atom stereocenters. The van der Waals surface area contributed by atoms with Crippen LogP contribution in [0, 0.1) is 10.1 Å². The first-order chi connectivity index (χ1) is 9.58. The molecule has 2 rings (SSSR count). The molecule has 1 amide bonds. The summed E-state index contributed by atoms with van der Waals surface area (Å²) in [6.45, 7) is 2.37. The maximum Gasteiger partial charge on any atom is 0.270 e. The van der Waals surface area contributed by atoms with Gasteiger partial charge in [0.25, 0.3) is 11.6 Å². The highest BCUT2D eigenvalue weighted by Gasteiger charge is 2.18. The Morgan fingerprint density at radius 3 is 3.05 bits per heavy atom. The fraction of sp³-hybridized carbons (Fsp3) is 0.417. The summed E-state index contributed by atoms with van der Waals surface area (Å²) in [4.78, 5) is 22.2. The van der Waals surface area contributed by atoms with Crippen molar-refractivity contribution in [2.75, 3.05) is 26.3 Å². The number of carbonyl (C=O) groups excluding carboxylic acids is 1. The van der Waals surface area contributed by atoms with Gasteiger partial charge in [-0.3, -0.25) is 14.9 Å². The van der Waals surface area contributed by atoms with Crippen LogP contribution in [-0.2, 0) is 4.74 Å². The minimum absolute atomic E-state index is 0.0603. The van der Waals surface area contributed by atoms with E-state index in [2.05, 4.69) is 26.6 Å². The van der Waals surface area contributed by atoms with Gasteiger partial charge in [0, 0.05) is 35.7 Å². The molecule has 1 saturated heterocycles. The summed E-state index contributed by atoms with van der Waals surface area (Å²) in [7, 11) is 0. The molecular formula is C12H14BrN3O4. The van der Waals surface area contributed by atoms with Crippen LogP contribution in [0.5, 0.6) is 0 Å². The van der Waals surface area contributed by atoms with E-state index < -0.39 is 4.92 Å². The third-order valence-electron chi connectivity index (χ3n) is 2.91. The van der Waals surface area contributed by atoms with E-state index in [-0.39, 0.29) is 23.2 Å². The molecule has 20 heavy (non-hydrogen) atoms. The van der Waals surface area contributed by atoms with Gasteiger partial charge in [0.15, 0.2) is 0 Å². The number of rotatable bonds is 4. The minimum atomic E-state index is -0.528. The molecule has 0 saturated carbocycles. The monoisotopic (exact) mass is 343 g/mol. The van der Waals surface area contributed by atoms with Crippen molar-refractivity contribution in [1.29, 1.82) is 0 Å². The van der Waals surface area contributed by atoms with Crippen LogP contribution in [0.25, 0.3) is 0 Å². The smallest absolute Gasteiger partial charge is 0.270 e. The van der Waals surface area contributed by atoms with Crippen LogP contribution in [0.15, 0.2) is 22.7 Å². The standard InChI is InChI=1S/C12H14BrN3O4/c13-11-2-1-9(16(18)19)5-10(11)12(17)15-6-8-7-20-4-3-14-8/h1-2,5,8,14H,3-4,6-7H2,(H,15,17). The van der Waals surface area contributed by atoms with Crippen molar-refractivity contribution >= 4 is 27.5 Å². The number of nitrogens with zero attached hydrogens (tertiary/aromatic N) is 1. The molecule has 1 aromatic rings. The maximum absolute atomic E-state index is 12.1.